The van der Waals surface area contributed by atoms with Gasteiger partial charge < -0.3 is 10.2 Å². The summed E-state index contributed by atoms with van der Waals surface area (Å²) in [4.78, 5) is 26.0. The molecule has 0 spiro atoms. The van der Waals surface area contributed by atoms with Crippen molar-refractivity contribution in [2.24, 2.45) is 0 Å². The van der Waals surface area contributed by atoms with Crippen LogP contribution >= 0.6 is 43.5 Å². The first-order valence-electron chi connectivity index (χ1n) is 14.3. The van der Waals surface area contributed by atoms with E-state index >= 15 is 0 Å². The molecular formula is C36H41Br2ClN2O2. The number of ketones is 2. The Morgan fingerprint density at radius 2 is 0.907 bits per heavy atom. The fourth-order valence-corrected chi connectivity index (χ4v) is 4.72. The molecule has 4 aromatic carbocycles. The number of benzene rings is 4. The van der Waals surface area contributed by atoms with Crippen LogP contribution in [0.25, 0.3) is 22.3 Å². The van der Waals surface area contributed by atoms with Gasteiger partial charge in [0.1, 0.15) is 0 Å². The Bertz CT molecular complexity index is 1370. The average Bonchev–Trinajstić information content (AvgIpc) is 3.01. The maximum absolute atomic E-state index is 12.1. The summed E-state index contributed by atoms with van der Waals surface area (Å²) in [5.41, 5.74) is 6.10. The molecule has 0 saturated carbocycles. The number of hydrogen-bond acceptors (Lipinski definition) is 4. The lowest BCUT2D eigenvalue weighted by Crippen LogP contribution is -2.14. The van der Waals surface area contributed by atoms with Gasteiger partial charge in [0, 0.05) is 38.8 Å². The first kappa shape index (κ1) is 36.6. The Kier molecular flexibility index (Phi) is 17.3. The predicted molar refractivity (Wildman–Crippen MR) is 191 cm³/mol. The smallest absolute Gasteiger partial charge is 0.162 e. The van der Waals surface area contributed by atoms with E-state index in [0.717, 1.165) is 61.7 Å². The van der Waals surface area contributed by atoms with Crippen LogP contribution in [0, 0.1) is 0 Å². The zero-order valence-corrected chi connectivity index (χ0v) is 29.3. The molecule has 0 aromatic heterocycles. The van der Waals surface area contributed by atoms with Crippen LogP contribution in [0.1, 0.15) is 46.4 Å². The summed E-state index contributed by atoms with van der Waals surface area (Å²) in [6.45, 7) is 0.947. The summed E-state index contributed by atoms with van der Waals surface area (Å²) < 4.78 is 2.13. The minimum Gasteiger partial charge on any atom is -0.323 e. The maximum atomic E-state index is 12.1. The van der Waals surface area contributed by atoms with Crippen LogP contribution in [0.15, 0.2) is 106 Å². The lowest BCUT2D eigenvalue weighted by Gasteiger charge is -2.08. The molecule has 0 fully saturated rings. The molecule has 0 saturated heterocycles. The molecular weight excluding hydrogens is 688 g/mol. The first-order valence-corrected chi connectivity index (χ1v) is 16.4. The molecule has 1 N–H and O–H groups in total. The Morgan fingerprint density at radius 3 is 1.21 bits per heavy atom. The van der Waals surface area contributed by atoms with Gasteiger partial charge in [-0.2, -0.15) is 0 Å². The Balaban J connectivity index is 0.000000276. The number of carbonyl (C=O) groups is 2. The van der Waals surface area contributed by atoms with Gasteiger partial charge in [0.05, 0.1) is 0 Å². The number of alkyl halides is 1. The van der Waals surface area contributed by atoms with Crippen LogP contribution in [-0.4, -0.2) is 57.1 Å². The number of rotatable bonds is 11. The highest BCUT2D eigenvalue weighted by Gasteiger charge is 2.07. The van der Waals surface area contributed by atoms with E-state index < -0.39 is 0 Å². The van der Waals surface area contributed by atoms with E-state index in [2.05, 4.69) is 66.3 Å². The molecule has 4 nitrogen and oxygen atoms in total. The molecule has 0 bridgehead atoms. The summed E-state index contributed by atoms with van der Waals surface area (Å²) >= 11 is 12.4. The Labute approximate surface area is 279 Å². The van der Waals surface area contributed by atoms with E-state index in [9.17, 15) is 9.59 Å². The molecule has 0 atom stereocenters. The third-order valence-corrected chi connectivity index (χ3v) is 7.64. The van der Waals surface area contributed by atoms with Gasteiger partial charge in [-0.15, -0.1) is 11.6 Å². The third kappa shape index (κ3) is 13.7. The molecule has 0 aliphatic heterocycles. The van der Waals surface area contributed by atoms with E-state index in [0.29, 0.717) is 18.7 Å². The molecule has 0 unspecified atom stereocenters. The molecule has 43 heavy (non-hydrogen) atoms. The summed E-state index contributed by atoms with van der Waals surface area (Å²) in [5.74, 6) is 0.908. The second-order valence-electron chi connectivity index (χ2n) is 10.2. The van der Waals surface area contributed by atoms with Gasteiger partial charge in [-0.3, -0.25) is 9.59 Å². The van der Waals surface area contributed by atoms with Crippen molar-refractivity contribution >= 4 is 55.0 Å². The second-order valence-corrected chi connectivity index (χ2v) is 12.4. The number of nitrogens with one attached hydrogen (secondary N) is 1. The topological polar surface area (TPSA) is 49.4 Å². The van der Waals surface area contributed by atoms with E-state index in [4.69, 9.17) is 11.6 Å². The van der Waals surface area contributed by atoms with Crippen molar-refractivity contribution in [1.29, 1.82) is 0 Å². The average molecular weight is 729 g/mol. The molecule has 0 amide bonds. The van der Waals surface area contributed by atoms with Crippen molar-refractivity contribution in [3.63, 3.8) is 0 Å². The predicted octanol–water partition coefficient (Wildman–Crippen LogP) is 9.79. The lowest BCUT2D eigenvalue weighted by atomic mass is 10.0. The second kappa shape index (κ2) is 20.4. The minimum absolute atomic E-state index is 0.156. The van der Waals surface area contributed by atoms with E-state index in [1.54, 1.807) is 0 Å². The Hall–Kier alpha value is -2.61. The standard InChI is InChI=1S/C18H20BrNO.C16H14BrClO.C2H7N/c1-20(2)13-3-4-18(21)16-7-5-14(6-8-16)15-9-11-17(19)12-10-15;17-15-9-7-13(8-10-15)12-3-5-14(6-4-12)16(19)2-1-11-18;1-3-2/h5-12H,3-4,13H2,1-2H3;3-10H,1-2,11H2;3H,1-2H3. The van der Waals surface area contributed by atoms with Gasteiger partial charge in [-0.1, -0.05) is 105 Å². The molecule has 228 valence electrons. The van der Waals surface area contributed by atoms with Crippen LogP contribution < -0.4 is 5.32 Å². The largest absolute Gasteiger partial charge is 0.323 e. The third-order valence-electron chi connectivity index (χ3n) is 6.32. The van der Waals surface area contributed by atoms with Crippen molar-refractivity contribution in [2.75, 3.05) is 40.6 Å². The number of nitrogens with zero attached hydrogens (tertiary/aromatic N) is 1. The summed E-state index contributed by atoms with van der Waals surface area (Å²) in [6, 6.07) is 31.9. The van der Waals surface area contributed by atoms with Gasteiger partial charge in [0.2, 0.25) is 0 Å². The number of hydrogen-bond donors (Lipinski definition) is 1. The first-order chi connectivity index (χ1) is 20.7. The zero-order chi connectivity index (χ0) is 31.6. The molecule has 7 heteroatoms. The van der Waals surface area contributed by atoms with Crippen LogP contribution in [0.5, 0.6) is 0 Å². The Morgan fingerprint density at radius 1 is 0.605 bits per heavy atom. The molecule has 0 heterocycles. The van der Waals surface area contributed by atoms with Gasteiger partial charge in [0.15, 0.2) is 11.6 Å². The van der Waals surface area contributed by atoms with Crippen molar-refractivity contribution < 1.29 is 9.59 Å². The number of carbonyl (C=O) groups excluding carboxylic acids is 2. The van der Waals surface area contributed by atoms with Crippen molar-refractivity contribution in [3.8, 4) is 22.3 Å². The van der Waals surface area contributed by atoms with Crippen LogP contribution in [0.3, 0.4) is 0 Å². The highest BCUT2D eigenvalue weighted by molar-refractivity contribution is 9.10. The zero-order valence-electron chi connectivity index (χ0n) is 25.4. The van der Waals surface area contributed by atoms with Gasteiger partial charge in [0.25, 0.3) is 0 Å². The van der Waals surface area contributed by atoms with E-state index in [1.165, 1.54) is 0 Å². The highest BCUT2D eigenvalue weighted by Crippen LogP contribution is 2.24. The number of halogens is 3. The summed E-state index contributed by atoms with van der Waals surface area (Å²) in [7, 11) is 7.80. The summed E-state index contributed by atoms with van der Waals surface area (Å²) in [5, 5.41) is 2.75. The highest BCUT2D eigenvalue weighted by atomic mass is 79.9. The van der Waals surface area contributed by atoms with Gasteiger partial charge in [-0.25, -0.2) is 0 Å². The minimum atomic E-state index is 0.156. The fourth-order valence-electron chi connectivity index (χ4n) is 4.05. The van der Waals surface area contributed by atoms with Crippen LogP contribution in [0.4, 0.5) is 0 Å². The van der Waals surface area contributed by atoms with Gasteiger partial charge in [-0.05, 0) is 94.1 Å². The molecule has 0 radical (unpaired) electrons. The van der Waals surface area contributed by atoms with Crippen molar-refractivity contribution in [2.45, 2.75) is 25.7 Å². The molecule has 0 aliphatic carbocycles. The monoisotopic (exact) mass is 726 g/mol. The summed E-state index contributed by atoms with van der Waals surface area (Å²) in [6.07, 6.45) is 2.76. The molecule has 0 aliphatic rings. The number of Topliss-reactive ketones (excluding diaryl/α,β-unsaturated/α-hetero) is 2. The van der Waals surface area contributed by atoms with E-state index in [-0.39, 0.29) is 11.6 Å². The van der Waals surface area contributed by atoms with Crippen LogP contribution in [-0.2, 0) is 0 Å². The molecule has 4 aromatic rings. The normalized spacial score (nSPS) is 10.3. The van der Waals surface area contributed by atoms with Crippen molar-refractivity contribution in [1.82, 2.24) is 10.2 Å². The molecule has 4 rings (SSSR count). The fraction of sp³-hybridized carbons (Fsp3) is 0.278. The van der Waals surface area contributed by atoms with Crippen molar-refractivity contribution in [3.05, 3.63) is 117 Å². The quantitative estimate of drug-likeness (QED) is 0.123. The SMILES string of the molecule is CN(C)CCCC(=O)c1ccc(-c2ccc(Br)cc2)cc1.CNC.O=C(CCCCl)c1ccc(-c2ccc(Br)cc2)cc1. The van der Waals surface area contributed by atoms with Crippen LogP contribution in [0.2, 0.25) is 0 Å². The maximum Gasteiger partial charge on any atom is 0.162 e. The lowest BCUT2D eigenvalue weighted by molar-refractivity contribution is 0.0971. The van der Waals surface area contributed by atoms with E-state index in [1.807, 2.05) is 101 Å². The van der Waals surface area contributed by atoms with Gasteiger partial charge >= 0.3 is 0 Å².